The molecule has 4 nitrogen and oxygen atoms in total. The molecule has 2 unspecified atom stereocenters. The molecule has 0 radical (unpaired) electrons. The van der Waals surface area contributed by atoms with E-state index in [0.717, 1.165) is 18.4 Å². The van der Waals surface area contributed by atoms with Crippen LogP contribution in [0.3, 0.4) is 0 Å². The third kappa shape index (κ3) is 5.23. The largest absolute Gasteiger partial charge is 0.465 e. The van der Waals surface area contributed by atoms with Crippen molar-refractivity contribution >= 4 is 17.9 Å². The number of aliphatic hydroxyl groups excluding tert-OH is 1. The molecule has 0 aliphatic rings. The Hall–Kier alpha value is -1.04. The number of ether oxygens (including phenoxy) is 1. The van der Waals surface area contributed by atoms with E-state index in [1.807, 2.05) is 12.1 Å². The second kappa shape index (κ2) is 8.88. The zero-order valence-corrected chi connectivity index (χ0v) is 16.5. The summed E-state index contributed by atoms with van der Waals surface area (Å²) in [7, 11) is 1.37. The van der Waals surface area contributed by atoms with Crippen LogP contribution in [0.2, 0.25) is 0 Å². The summed E-state index contributed by atoms with van der Waals surface area (Å²) in [5.41, 5.74) is 0.942. The van der Waals surface area contributed by atoms with Crippen LogP contribution < -0.4 is 4.72 Å². The zero-order chi connectivity index (χ0) is 18.4. The molecule has 0 saturated carbocycles. The molecule has 0 aromatic heterocycles. The van der Waals surface area contributed by atoms with Gasteiger partial charge in [-0.25, -0.2) is 4.79 Å². The van der Waals surface area contributed by atoms with Crippen molar-refractivity contribution in [3.8, 4) is 0 Å². The third-order valence-electron chi connectivity index (χ3n) is 4.17. The number of carbonyl (C=O) groups excluding carboxylic acids is 1. The highest BCUT2D eigenvalue weighted by Crippen LogP contribution is 2.37. The SMILES string of the molecule is CCCC(C)C(CO)(NSC(C)(C)C)c1ccc(C(=O)OC)cc1. The predicted octanol–water partition coefficient (Wildman–Crippen LogP) is 4.13. The van der Waals surface area contributed by atoms with Crippen LogP contribution in [0.25, 0.3) is 0 Å². The van der Waals surface area contributed by atoms with E-state index in [1.165, 1.54) is 7.11 Å². The Labute approximate surface area is 150 Å². The maximum Gasteiger partial charge on any atom is 0.337 e. The van der Waals surface area contributed by atoms with E-state index in [1.54, 1.807) is 24.1 Å². The number of hydrogen-bond donors (Lipinski definition) is 2. The first kappa shape index (κ1) is 21.0. The molecule has 0 amide bonds. The van der Waals surface area contributed by atoms with Gasteiger partial charge in [0.05, 0.1) is 24.8 Å². The Morgan fingerprint density at radius 1 is 1.29 bits per heavy atom. The molecular weight excluding hydrogens is 322 g/mol. The highest BCUT2D eigenvalue weighted by Gasteiger charge is 2.38. The summed E-state index contributed by atoms with van der Waals surface area (Å²) in [6.07, 6.45) is 2.04. The van der Waals surface area contributed by atoms with Crippen LogP contribution in [0.1, 0.15) is 63.4 Å². The van der Waals surface area contributed by atoms with Crippen molar-refractivity contribution in [2.45, 2.75) is 57.7 Å². The van der Waals surface area contributed by atoms with Crippen LogP contribution in [-0.2, 0) is 10.3 Å². The van der Waals surface area contributed by atoms with Crippen molar-refractivity contribution in [1.29, 1.82) is 0 Å². The quantitative estimate of drug-likeness (QED) is 0.543. The zero-order valence-electron chi connectivity index (χ0n) is 15.7. The van der Waals surface area contributed by atoms with Gasteiger partial charge in [0.25, 0.3) is 0 Å². The molecule has 0 heterocycles. The van der Waals surface area contributed by atoms with E-state index in [0.29, 0.717) is 5.56 Å². The number of nitrogens with one attached hydrogen (secondary N) is 1. The lowest BCUT2D eigenvalue weighted by Crippen LogP contribution is -2.49. The van der Waals surface area contributed by atoms with E-state index >= 15 is 0 Å². The maximum absolute atomic E-state index is 11.6. The molecule has 1 rings (SSSR count). The van der Waals surface area contributed by atoms with Gasteiger partial charge in [-0.1, -0.05) is 44.3 Å². The first-order valence-corrected chi connectivity index (χ1v) is 9.26. The van der Waals surface area contributed by atoms with Gasteiger partial charge in [-0.15, -0.1) is 0 Å². The van der Waals surface area contributed by atoms with Crippen molar-refractivity contribution in [2.24, 2.45) is 5.92 Å². The van der Waals surface area contributed by atoms with Crippen LogP contribution in [0.15, 0.2) is 24.3 Å². The highest BCUT2D eigenvalue weighted by atomic mass is 32.2. The summed E-state index contributed by atoms with van der Waals surface area (Å²) in [4.78, 5) is 11.6. The minimum atomic E-state index is -0.553. The summed E-state index contributed by atoms with van der Waals surface area (Å²) in [5.74, 6) is -0.110. The normalized spacial score (nSPS) is 15.6. The highest BCUT2D eigenvalue weighted by molar-refractivity contribution is 7.98. The maximum atomic E-state index is 11.6. The van der Waals surface area contributed by atoms with Crippen LogP contribution in [-0.4, -0.2) is 29.5 Å². The van der Waals surface area contributed by atoms with Gasteiger partial charge in [0.1, 0.15) is 0 Å². The fraction of sp³-hybridized carbons (Fsp3) is 0.632. The average Bonchev–Trinajstić information content (AvgIpc) is 2.55. The van der Waals surface area contributed by atoms with E-state index in [9.17, 15) is 9.90 Å². The second-order valence-electron chi connectivity index (χ2n) is 7.20. The predicted molar refractivity (Wildman–Crippen MR) is 101 cm³/mol. The second-order valence-corrected chi connectivity index (χ2v) is 8.84. The van der Waals surface area contributed by atoms with Gasteiger partial charge >= 0.3 is 5.97 Å². The van der Waals surface area contributed by atoms with E-state index < -0.39 is 5.54 Å². The molecule has 24 heavy (non-hydrogen) atoms. The molecule has 0 bridgehead atoms. The summed E-state index contributed by atoms with van der Waals surface area (Å²) < 4.78 is 8.32. The molecule has 1 aromatic rings. The number of esters is 1. The number of methoxy groups -OCH3 is 1. The molecule has 2 atom stereocenters. The molecule has 1 aromatic carbocycles. The molecule has 0 aliphatic carbocycles. The van der Waals surface area contributed by atoms with Gasteiger partial charge in [0.2, 0.25) is 0 Å². The lowest BCUT2D eigenvalue weighted by molar-refractivity contribution is 0.0600. The lowest BCUT2D eigenvalue weighted by atomic mass is 9.78. The first-order valence-electron chi connectivity index (χ1n) is 8.45. The first-order chi connectivity index (χ1) is 11.2. The number of hydrogen-bond acceptors (Lipinski definition) is 5. The van der Waals surface area contributed by atoms with Gasteiger partial charge in [0, 0.05) is 4.75 Å². The Morgan fingerprint density at radius 2 is 1.88 bits per heavy atom. The standard InChI is InChI=1S/C19H31NO3S/c1-7-8-14(2)19(13-21,20-24-18(3,4)5)16-11-9-15(10-12-16)17(22)23-6/h9-12,14,20-21H,7-8,13H2,1-6H3. The van der Waals surface area contributed by atoms with Gasteiger partial charge in [-0.3, -0.25) is 4.72 Å². The van der Waals surface area contributed by atoms with Crippen molar-refractivity contribution in [2.75, 3.05) is 13.7 Å². The van der Waals surface area contributed by atoms with Crippen molar-refractivity contribution < 1.29 is 14.6 Å². The van der Waals surface area contributed by atoms with Crippen molar-refractivity contribution in [3.63, 3.8) is 0 Å². The van der Waals surface area contributed by atoms with Crippen LogP contribution in [0, 0.1) is 5.92 Å². The average molecular weight is 354 g/mol. The Morgan fingerprint density at radius 3 is 2.29 bits per heavy atom. The Kier molecular flexibility index (Phi) is 7.77. The molecule has 0 fully saturated rings. The van der Waals surface area contributed by atoms with Gasteiger partial charge in [-0.2, -0.15) is 0 Å². The molecule has 0 spiro atoms. The molecule has 136 valence electrons. The van der Waals surface area contributed by atoms with E-state index in [4.69, 9.17) is 4.74 Å². The Balaban J connectivity index is 3.21. The summed E-state index contributed by atoms with van der Waals surface area (Å²) in [6, 6.07) is 7.33. The Bertz CT molecular complexity index is 524. The lowest BCUT2D eigenvalue weighted by Gasteiger charge is -2.40. The van der Waals surface area contributed by atoms with Crippen molar-refractivity contribution in [3.05, 3.63) is 35.4 Å². The van der Waals surface area contributed by atoms with Crippen LogP contribution >= 0.6 is 11.9 Å². The minimum Gasteiger partial charge on any atom is -0.465 e. The fourth-order valence-corrected chi connectivity index (χ4v) is 3.54. The molecule has 2 N–H and O–H groups in total. The number of aliphatic hydroxyl groups is 1. The van der Waals surface area contributed by atoms with Gasteiger partial charge < -0.3 is 9.84 Å². The summed E-state index contributed by atoms with van der Waals surface area (Å²) in [5, 5.41) is 10.3. The van der Waals surface area contributed by atoms with Crippen LogP contribution in [0.4, 0.5) is 0 Å². The van der Waals surface area contributed by atoms with Crippen molar-refractivity contribution in [1.82, 2.24) is 4.72 Å². The molecular formula is C19H31NO3S. The van der Waals surface area contributed by atoms with Crippen LogP contribution in [0.5, 0.6) is 0 Å². The molecule has 0 aliphatic heterocycles. The third-order valence-corrected chi connectivity index (χ3v) is 5.25. The summed E-state index contributed by atoms with van der Waals surface area (Å²) in [6.45, 7) is 10.7. The van der Waals surface area contributed by atoms with E-state index in [2.05, 4.69) is 39.3 Å². The fourth-order valence-electron chi connectivity index (χ4n) is 2.67. The topological polar surface area (TPSA) is 58.6 Å². The van der Waals surface area contributed by atoms with Gasteiger partial charge in [-0.05, 0) is 50.8 Å². The summed E-state index contributed by atoms with van der Waals surface area (Å²) >= 11 is 1.63. The molecule has 0 saturated heterocycles. The minimum absolute atomic E-state index is 0.00514. The monoisotopic (exact) mass is 353 g/mol. The number of rotatable bonds is 8. The van der Waals surface area contributed by atoms with Gasteiger partial charge in [0.15, 0.2) is 0 Å². The molecule has 5 heteroatoms. The van der Waals surface area contributed by atoms with E-state index in [-0.39, 0.29) is 23.2 Å². The smallest absolute Gasteiger partial charge is 0.337 e. The number of carbonyl (C=O) groups is 1. The number of benzene rings is 1.